The zero-order valence-corrected chi connectivity index (χ0v) is 11.0. The van der Waals surface area contributed by atoms with E-state index in [-0.39, 0.29) is 11.8 Å². The number of carbonyl (C=O) groups excluding carboxylic acids is 1. The van der Waals surface area contributed by atoms with Gasteiger partial charge in [-0.25, -0.2) is 0 Å². The van der Waals surface area contributed by atoms with Gasteiger partial charge in [-0.2, -0.15) is 5.26 Å². The van der Waals surface area contributed by atoms with E-state index in [0.717, 1.165) is 12.1 Å². The summed E-state index contributed by atoms with van der Waals surface area (Å²) in [5, 5.41) is 13.7. The van der Waals surface area contributed by atoms with E-state index in [1.54, 1.807) is 35.6 Å². The lowest BCUT2D eigenvalue weighted by Gasteiger charge is -2.04. The number of carbonyl (C=O) groups is 1. The largest absolute Gasteiger partial charge is 0.326 e. The molecule has 0 saturated heterocycles. The summed E-state index contributed by atoms with van der Waals surface area (Å²) < 4.78 is 0. The zero-order chi connectivity index (χ0) is 13.2. The topological polar surface area (TPSA) is 52.9 Å². The first-order valence-corrected chi connectivity index (χ1v) is 7.00. The van der Waals surface area contributed by atoms with Crippen molar-refractivity contribution in [2.45, 2.75) is 12.3 Å². The van der Waals surface area contributed by atoms with Crippen molar-refractivity contribution >= 4 is 22.9 Å². The molecule has 0 aliphatic heterocycles. The van der Waals surface area contributed by atoms with Gasteiger partial charge in [0.15, 0.2) is 0 Å². The van der Waals surface area contributed by atoms with E-state index in [2.05, 4.69) is 17.5 Å². The molecule has 1 fully saturated rings. The fourth-order valence-corrected chi connectivity index (χ4v) is 3.07. The van der Waals surface area contributed by atoms with Crippen molar-refractivity contribution in [2.75, 3.05) is 5.32 Å². The Kier molecular flexibility index (Phi) is 3.06. The highest BCUT2D eigenvalue weighted by atomic mass is 32.1. The lowest BCUT2D eigenvalue weighted by atomic mass is 10.2. The standard InChI is InChI=1S/C15H12N2OS/c16-9-10-3-5-11(6-4-10)17-15(18)13-8-12(13)14-2-1-7-19-14/h1-7,12-13H,8H2,(H,17,18). The molecular formula is C15H12N2OS. The summed E-state index contributed by atoms with van der Waals surface area (Å²) in [5.74, 6) is 0.552. The number of amides is 1. The second-order valence-corrected chi connectivity index (χ2v) is 5.62. The van der Waals surface area contributed by atoms with Crippen molar-refractivity contribution < 1.29 is 4.79 Å². The van der Waals surface area contributed by atoms with Crippen LogP contribution in [0.25, 0.3) is 0 Å². The Balaban J connectivity index is 1.62. The molecule has 94 valence electrons. The third-order valence-corrected chi connectivity index (χ3v) is 4.32. The van der Waals surface area contributed by atoms with E-state index in [0.29, 0.717) is 11.5 Å². The summed E-state index contributed by atoms with van der Waals surface area (Å²) in [6, 6.07) is 13.1. The van der Waals surface area contributed by atoms with Crippen LogP contribution in [0.15, 0.2) is 41.8 Å². The molecule has 19 heavy (non-hydrogen) atoms. The summed E-state index contributed by atoms with van der Waals surface area (Å²) in [6.45, 7) is 0. The molecule has 1 aliphatic rings. The van der Waals surface area contributed by atoms with Gasteiger partial charge in [0, 0.05) is 22.4 Å². The van der Waals surface area contributed by atoms with Gasteiger partial charge in [-0.05, 0) is 42.1 Å². The third-order valence-electron chi connectivity index (χ3n) is 3.32. The first-order valence-electron chi connectivity index (χ1n) is 6.12. The second-order valence-electron chi connectivity index (χ2n) is 4.64. The van der Waals surface area contributed by atoms with Crippen molar-refractivity contribution in [3.63, 3.8) is 0 Å². The van der Waals surface area contributed by atoms with Gasteiger partial charge in [-0.3, -0.25) is 4.79 Å². The van der Waals surface area contributed by atoms with Crippen LogP contribution in [0.1, 0.15) is 22.8 Å². The molecule has 0 radical (unpaired) electrons. The number of hydrogen-bond acceptors (Lipinski definition) is 3. The Morgan fingerprint density at radius 2 is 2.11 bits per heavy atom. The van der Waals surface area contributed by atoms with Crippen LogP contribution >= 0.6 is 11.3 Å². The van der Waals surface area contributed by atoms with Crippen LogP contribution in [0.2, 0.25) is 0 Å². The van der Waals surface area contributed by atoms with Gasteiger partial charge in [0.2, 0.25) is 5.91 Å². The van der Waals surface area contributed by atoms with Crippen LogP contribution in [-0.2, 0) is 4.79 Å². The highest BCUT2D eigenvalue weighted by Gasteiger charge is 2.44. The maximum Gasteiger partial charge on any atom is 0.228 e. The first-order chi connectivity index (χ1) is 9.28. The van der Waals surface area contributed by atoms with Crippen molar-refractivity contribution in [3.05, 3.63) is 52.2 Å². The summed E-state index contributed by atoms with van der Waals surface area (Å²) in [7, 11) is 0. The van der Waals surface area contributed by atoms with Gasteiger partial charge in [-0.15, -0.1) is 11.3 Å². The zero-order valence-electron chi connectivity index (χ0n) is 10.2. The first kappa shape index (κ1) is 11.9. The summed E-state index contributed by atoms with van der Waals surface area (Å²) >= 11 is 1.71. The number of hydrogen-bond donors (Lipinski definition) is 1. The van der Waals surface area contributed by atoms with Crippen molar-refractivity contribution in [3.8, 4) is 6.07 Å². The normalized spacial score (nSPS) is 20.6. The Labute approximate surface area is 115 Å². The number of anilines is 1. The molecule has 1 aromatic carbocycles. The Bertz CT molecular complexity index is 625. The smallest absolute Gasteiger partial charge is 0.228 e. The molecule has 2 aromatic rings. The number of thiophene rings is 1. The Morgan fingerprint density at radius 1 is 1.32 bits per heavy atom. The Hall–Kier alpha value is -2.12. The predicted molar refractivity (Wildman–Crippen MR) is 75.0 cm³/mol. The highest BCUT2D eigenvalue weighted by molar-refractivity contribution is 7.10. The minimum atomic E-state index is 0.0723. The summed E-state index contributed by atoms with van der Waals surface area (Å²) in [6.07, 6.45) is 0.933. The molecule has 1 saturated carbocycles. The van der Waals surface area contributed by atoms with Crippen LogP contribution in [0.3, 0.4) is 0 Å². The molecule has 4 heteroatoms. The van der Waals surface area contributed by atoms with Gasteiger partial charge in [0.05, 0.1) is 11.6 Å². The van der Waals surface area contributed by atoms with E-state index in [1.807, 2.05) is 11.4 Å². The third kappa shape index (κ3) is 2.51. The average molecular weight is 268 g/mol. The molecular weight excluding hydrogens is 256 g/mol. The monoisotopic (exact) mass is 268 g/mol. The van der Waals surface area contributed by atoms with Gasteiger partial charge in [-0.1, -0.05) is 6.07 Å². The van der Waals surface area contributed by atoms with Crippen molar-refractivity contribution in [1.29, 1.82) is 5.26 Å². The maximum atomic E-state index is 12.1. The molecule has 3 nitrogen and oxygen atoms in total. The second kappa shape index (κ2) is 4.87. The van der Waals surface area contributed by atoms with Crippen molar-refractivity contribution in [2.24, 2.45) is 5.92 Å². The molecule has 3 rings (SSSR count). The number of nitrogens with one attached hydrogen (secondary N) is 1. The Morgan fingerprint density at radius 3 is 2.74 bits per heavy atom. The lowest BCUT2D eigenvalue weighted by molar-refractivity contribution is -0.117. The average Bonchev–Trinajstić information content (AvgIpc) is 3.06. The molecule has 1 aliphatic carbocycles. The van der Waals surface area contributed by atoms with E-state index >= 15 is 0 Å². The lowest BCUT2D eigenvalue weighted by Crippen LogP contribution is -2.14. The van der Waals surface area contributed by atoms with Crippen LogP contribution in [0.4, 0.5) is 5.69 Å². The maximum absolute atomic E-state index is 12.1. The van der Waals surface area contributed by atoms with Crippen LogP contribution in [0.5, 0.6) is 0 Å². The van der Waals surface area contributed by atoms with Gasteiger partial charge >= 0.3 is 0 Å². The minimum absolute atomic E-state index is 0.0723. The molecule has 1 amide bonds. The molecule has 0 bridgehead atoms. The van der Waals surface area contributed by atoms with E-state index in [9.17, 15) is 4.79 Å². The fourth-order valence-electron chi connectivity index (χ4n) is 2.16. The van der Waals surface area contributed by atoms with Crippen molar-refractivity contribution in [1.82, 2.24) is 0 Å². The quantitative estimate of drug-likeness (QED) is 0.928. The highest BCUT2D eigenvalue weighted by Crippen LogP contribution is 2.49. The van der Waals surface area contributed by atoms with Gasteiger partial charge in [0.25, 0.3) is 0 Å². The van der Waals surface area contributed by atoms with Gasteiger partial charge < -0.3 is 5.32 Å². The SMILES string of the molecule is N#Cc1ccc(NC(=O)C2CC2c2cccs2)cc1. The van der Waals surface area contributed by atoms with Crippen LogP contribution in [-0.4, -0.2) is 5.91 Å². The molecule has 0 spiro atoms. The predicted octanol–water partition coefficient (Wildman–Crippen LogP) is 3.36. The molecule has 1 aromatic heterocycles. The number of nitrogens with zero attached hydrogens (tertiary/aromatic N) is 1. The summed E-state index contributed by atoms with van der Waals surface area (Å²) in [4.78, 5) is 13.4. The minimum Gasteiger partial charge on any atom is -0.326 e. The molecule has 1 heterocycles. The van der Waals surface area contributed by atoms with E-state index in [4.69, 9.17) is 5.26 Å². The van der Waals surface area contributed by atoms with Crippen LogP contribution < -0.4 is 5.32 Å². The molecule has 1 N–H and O–H groups in total. The fraction of sp³-hybridized carbons (Fsp3) is 0.200. The van der Waals surface area contributed by atoms with Gasteiger partial charge in [0.1, 0.15) is 0 Å². The van der Waals surface area contributed by atoms with E-state index in [1.165, 1.54) is 4.88 Å². The number of benzene rings is 1. The number of rotatable bonds is 3. The molecule has 2 atom stereocenters. The number of nitriles is 1. The van der Waals surface area contributed by atoms with Crippen LogP contribution in [0, 0.1) is 17.2 Å². The van der Waals surface area contributed by atoms with E-state index < -0.39 is 0 Å². The summed E-state index contributed by atoms with van der Waals surface area (Å²) in [5.41, 5.74) is 1.35. The molecule has 2 unspecified atom stereocenters.